The number of aliphatic hydroxyl groups excluding tert-OH is 1. The molecule has 22 heavy (non-hydrogen) atoms. The second-order valence-corrected chi connectivity index (χ2v) is 6.23. The molecule has 1 aromatic heterocycles. The van der Waals surface area contributed by atoms with Crippen molar-refractivity contribution in [3.05, 3.63) is 41.6 Å². The number of para-hydroxylation sites is 1. The Balaban J connectivity index is 1.68. The molecule has 3 heteroatoms. The minimum Gasteiger partial charge on any atom is -0.396 e. The number of benzene rings is 1. The van der Waals surface area contributed by atoms with Crippen molar-refractivity contribution in [1.29, 1.82) is 0 Å². The number of aromatic nitrogens is 1. The molecule has 2 aromatic rings. The van der Waals surface area contributed by atoms with Crippen molar-refractivity contribution in [2.75, 3.05) is 26.2 Å². The van der Waals surface area contributed by atoms with Crippen LogP contribution in [0, 0.1) is 6.92 Å². The largest absolute Gasteiger partial charge is 0.396 e. The number of aliphatic hydroxyl groups is 1. The maximum absolute atomic E-state index is 8.83. The van der Waals surface area contributed by atoms with Crippen LogP contribution in [-0.4, -0.2) is 41.2 Å². The zero-order valence-electron chi connectivity index (χ0n) is 13.4. The lowest BCUT2D eigenvalue weighted by molar-refractivity contribution is 0.265. The highest BCUT2D eigenvalue weighted by molar-refractivity contribution is 5.94. The Hall–Kier alpha value is -1.58. The molecular formula is C19H26N2O. The van der Waals surface area contributed by atoms with Gasteiger partial charge >= 0.3 is 0 Å². The molecule has 0 bridgehead atoms. The van der Waals surface area contributed by atoms with Gasteiger partial charge in [0.25, 0.3) is 0 Å². The molecule has 0 radical (unpaired) electrons. The quantitative estimate of drug-likeness (QED) is 0.798. The molecule has 1 aromatic carbocycles. The number of nitrogens with zero attached hydrogens (tertiary/aromatic N) is 1. The normalized spacial score (nSPS) is 16.2. The van der Waals surface area contributed by atoms with Crippen LogP contribution in [0.15, 0.2) is 30.3 Å². The Labute approximate surface area is 132 Å². The number of hydrogen-bond donors (Lipinski definition) is 2. The van der Waals surface area contributed by atoms with Crippen LogP contribution in [0.4, 0.5) is 0 Å². The van der Waals surface area contributed by atoms with Crippen molar-refractivity contribution in [1.82, 2.24) is 9.88 Å². The van der Waals surface area contributed by atoms with Crippen molar-refractivity contribution in [3.63, 3.8) is 0 Å². The van der Waals surface area contributed by atoms with Crippen molar-refractivity contribution in [2.45, 2.75) is 32.6 Å². The fraction of sp³-hybridized carbons (Fsp3) is 0.474. The number of aromatic amines is 1. The zero-order chi connectivity index (χ0) is 15.4. The fourth-order valence-electron chi connectivity index (χ4n) is 3.46. The van der Waals surface area contributed by atoms with Gasteiger partial charge in [-0.1, -0.05) is 24.3 Å². The van der Waals surface area contributed by atoms with E-state index in [2.05, 4.69) is 47.1 Å². The van der Waals surface area contributed by atoms with E-state index in [1.165, 1.54) is 34.2 Å². The summed E-state index contributed by atoms with van der Waals surface area (Å²) in [4.78, 5) is 6.02. The summed E-state index contributed by atoms with van der Waals surface area (Å²) in [5.74, 6) is 0. The van der Waals surface area contributed by atoms with Crippen LogP contribution in [0.5, 0.6) is 0 Å². The van der Waals surface area contributed by atoms with Crippen LogP contribution in [0.1, 0.15) is 36.9 Å². The molecule has 2 heterocycles. The van der Waals surface area contributed by atoms with E-state index in [1.807, 2.05) is 0 Å². The first kappa shape index (κ1) is 15.3. The standard InChI is InChI=1S/C19H26N2O/c1-15-19(17-7-3-4-8-18(17)20-15)16-9-12-21(13-10-16)11-5-2-6-14-22/h3-4,7-9,20,22H,2,5-6,10-14H2,1H3. The lowest BCUT2D eigenvalue weighted by atomic mass is 9.96. The predicted octanol–water partition coefficient (Wildman–Crippen LogP) is 3.73. The number of aryl methyl sites for hydroxylation is 1. The summed E-state index contributed by atoms with van der Waals surface area (Å²) in [6, 6.07) is 8.58. The molecule has 1 aliphatic heterocycles. The van der Waals surface area contributed by atoms with Gasteiger partial charge in [-0.15, -0.1) is 0 Å². The highest BCUT2D eigenvalue weighted by Gasteiger charge is 2.17. The Kier molecular flexibility index (Phi) is 4.96. The van der Waals surface area contributed by atoms with Gasteiger partial charge in [0.2, 0.25) is 0 Å². The average Bonchev–Trinajstić information content (AvgIpc) is 2.88. The Morgan fingerprint density at radius 3 is 2.82 bits per heavy atom. The molecule has 0 aliphatic carbocycles. The summed E-state index contributed by atoms with van der Waals surface area (Å²) in [6.45, 7) is 5.84. The topological polar surface area (TPSA) is 39.3 Å². The molecule has 0 saturated heterocycles. The Morgan fingerprint density at radius 1 is 1.18 bits per heavy atom. The lowest BCUT2D eigenvalue weighted by Crippen LogP contribution is -2.29. The van der Waals surface area contributed by atoms with Crippen molar-refractivity contribution in [3.8, 4) is 0 Å². The molecule has 0 unspecified atom stereocenters. The molecular weight excluding hydrogens is 272 g/mol. The number of fused-ring (bicyclic) bond motifs is 1. The summed E-state index contributed by atoms with van der Waals surface area (Å²) in [5, 5.41) is 10.2. The van der Waals surface area contributed by atoms with E-state index in [9.17, 15) is 0 Å². The second kappa shape index (κ2) is 7.12. The van der Waals surface area contributed by atoms with Gasteiger partial charge in [0, 0.05) is 41.9 Å². The van der Waals surface area contributed by atoms with Crippen LogP contribution in [0.2, 0.25) is 0 Å². The van der Waals surface area contributed by atoms with Gasteiger partial charge in [-0.05, 0) is 50.8 Å². The van der Waals surface area contributed by atoms with Crippen molar-refractivity contribution >= 4 is 16.5 Å². The predicted molar refractivity (Wildman–Crippen MR) is 93.0 cm³/mol. The molecule has 0 amide bonds. The van der Waals surface area contributed by atoms with Gasteiger partial charge in [-0.3, -0.25) is 4.90 Å². The monoisotopic (exact) mass is 298 g/mol. The third-order valence-corrected chi connectivity index (χ3v) is 4.64. The highest BCUT2D eigenvalue weighted by atomic mass is 16.2. The molecule has 3 nitrogen and oxygen atoms in total. The third-order valence-electron chi connectivity index (χ3n) is 4.64. The maximum atomic E-state index is 8.83. The van der Waals surface area contributed by atoms with E-state index >= 15 is 0 Å². The third kappa shape index (κ3) is 3.26. The molecule has 118 valence electrons. The molecule has 2 N–H and O–H groups in total. The van der Waals surface area contributed by atoms with Gasteiger partial charge in [0.1, 0.15) is 0 Å². The summed E-state index contributed by atoms with van der Waals surface area (Å²) in [6.07, 6.45) is 6.78. The smallest absolute Gasteiger partial charge is 0.0462 e. The minimum atomic E-state index is 0.323. The Bertz CT molecular complexity index is 656. The van der Waals surface area contributed by atoms with Crippen LogP contribution < -0.4 is 0 Å². The van der Waals surface area contributed by atoms with Gasteiger partial charge in [-0.2, -0.15) is 0 Å². The van der Waals surface area contributed by atoms with E-state index in [0.717, 1.165) is 38.9 Å². The number of rotatable bonds is 6. The molecule has 0 atom stereocenters. The minimum absolute atomic E-state index is 0.323. The van der Waals surface area contributed by atoms with Crippen LogP contribution in [0.3, 0.4) is 0 Å². The van der Waals surface area contributed by atoms with E-state index in [-0.39, 0.29) is 0 Å². The fourth-order valence-corrected chi connectivity index (χ4v) is 3.46. The van der Waals surface area contributed by atoms with Crippen LogP contribution in [-0.2, 0) is 0 Å². The molecule has 0 saturated carbocycles. The van der Waals surface area contributed by atoms with Crippen molar-refractivity contribution in [2.24, 2.45) is 0 Å². The number of H-pyrrole nitrogens is 1. The summed E-state index contributed by atoms with van der Waals surface area (Å²) < 4.78 is 0. The van der Waals surface area contributed by atoms with E-state index in [4.69, 9.17) is 5.11 Å². The second-order valence-electron chi connectivity index (χ2n) is 6.23. The first-order valence-electron chi connectivity index (χ1n) is 8.39. The SMILES string of the molecule is Cc1[nH]c2ccccc2c1C1=CCN(CCCCCO)CC1. The molecule has 1 aliphatic rings. The molecule has 0 fully saturated rings. The number of unbranched alkanes of at least 4 members (excludes halogenated alkanes) is 2. The summed E-state index contributed by atoms with van der Waals surface area (Å²) in [5.41, 5.74) is 5.42. The van der Waals surface area contributed by atoms with Gasteiger partial charge in [0.15, 0.2) is 0 Å². The van der Waals surface area contributed by atoms with Gasteiger partial charge < -0.3 is 10.1 Å². The summed E-state index contributed by atoms with van der Waals surface area (Å²) in [7, 11) is 0. The lowest BCUT2D eigenvalue weighted by Gasteiger charge is -2.26. The first-order chi connectivity index (χ1) is 10.8. The molecule has 0 spiro atoms. The van der Waals surface area contributed by atoms with Gasteiger partial charge in [0.05, 0.1) is 0 Å². The first-order valence-corrected chi connectivity index (χ1v) is 8.39. The summed E-state index contributed by atoms with van der Waals surface area (Å²) >= 11 is 0. The van der Waals surface area contributed by atoms with E-state index < -0.39 is 0 Å². The van der Waals surface area contributed by atoms with Crippen LogP contribution >= 0.6 is 0 Å². The number of hydrogen-bond acceptors (Lipinski definition) is 2. The number of nitrogens with one attached hydrogen (secondary N) is 1. The highest BCUT2D eigenvalue weighted by Crippen LogP contribution is 2.32. The molecule has 3 rings (SSSR count). The van der Waals surface area contributed by atoms with E-state index in [1.54, 1.807) is 0 Å². The van der Waals surface area contributed by atoms with Gasteiger partial charge in [-0.25, -0.2) is 0 Å². The average molecular weight is 298 g/mol. The zero-order valence-corrected chi connectivity index (χ0v) is 13.4. The van der Waals surface area contributed by atoms with Crippen LogP contribution in [0.25, 0.3) is 16.5 Å². The maximum Gasteiger partial charge on any atom is 0.0462 e. The van der Waals surface area contributed by atoms with Crippen molar-refractivity contribution < 1.29 is 5.11 Å². The van der Waals surface area contributed by atoms with E-state index in [0.29, 0.717) is 6.61 Å². The Morgan fingerprint density at radius 2 is 2.05 bits per heavy atom.